The van der Waals surface area contributed by atoms with E-state index >= 15 is 0 Å². The zero-order chi connectivity index (χ0) is 15.4. The first-order valence-electron chi connectivity index (χ1n) is 7.44. The van der Waals surface area contributed by atoms with Gasteiger partial charge in [-0.3, -0.25) is 14.5 Å². The van der Waals surface area contributed by atoms with Crippen LogP contribution >= 0.6 is 0 Å². The van der Waals surface area contributed by atoms with Gasteiger partial charge in [0, 0.05) is 31.7 Å². The molecule has 1 atom stereocenters. The van der Waals surface area contributed by atoms with Gasteiger partial charge in [-0.2, -0.15) is 0 Å². The molecular weight excluding hydrogens is 266 g/mol. The van der Waals surface area contributed by atoms with Gasteiger partial charge in [0.15, 0.2) is 0 Å². The molecule has 1 aliphatic heterocycles. The number of benzene rings is 1. The largest absolute Gasteiger partial charge is 0.368 e. The van der Waals surface area contributed by atoms with Crippen molar-refractivity contribution in [1.82, 2.24) is 9.80 Å². The number of hydrogen-bond donors (Lipinski definition) is 1. The van der Waals surface area contributed by atoms with Crippen LogP contribution in [0.5, 0.6) is 0 Å². The highest BCUT2D eigenvalue weighted by Crippen LogP contribution is 2.12. The Morgan fingerprint density at radius 2 is 1.71 bits per heavy atom. The minimum Gasteiger partial charge on any atom is -0.368 e. The monoisotopic (exact) mass is 289 g/mol. The van der Waals surface area contributed by atoms with Crippen molar-refractivity contribution >= 4 is 11.8 Å². The van der Waals surface area contributed by atoms with E-state index in [-0.39, 0.29) is 17.9 Å². The van der Waals surface area contributed by atoms with Gasteiger partial charge in [0.05, 0.1) is 6.04 Å². The Morgan fingerprint density at radius 3 is 2.19 bits per heavy atom. The van der Waals surface area contributed by atoms with E-state index in [0.717, 1.165) is 12.0 Å². The highest BCUT2D eigenvalue weighted by Gasteiger charge is 2.26. The Bertz CT molecular complexity index is 505. The minimum absolute atomic E-state index is 0.0593. The Morgan fingerprint density at radius 1 is 1.14 bits per heavy atom. The summed E-state index contributed by atoms with van der Waals surface area (Å²) in [6.45, 7) is 6.53. The minimum atomic E-state index is -0.315. The fraction of sp³-hybridized carbons (Fsp3) is 0.500. The smallest absolute Gasteiger partial charge is 0.253 e. The zero-order valence-electron chi connectivity index (χ0n) is 12.7. The van der Waals surface area contributed by atoms with Crippen LogP contribution < -0.4 is 5.73 Å². The molecule has 1 fully saturated rings. The van der Waals surface area contributed by atoms with Crippen molar-refractivity contribution in [3.63, 3.8) is 0 Å². The van der Waals surface area contributed by atoms with Gasteiger partial charge in [-0.1, -0.05) is 19.1 Å². The van der Waals surface area contributed by atoms with E-state index in [4.69, 9.17) is 5.73 Å². The molecule has 1 heterocycles. The van der Waals surface area contributed by atoms with Crippen molar-refractivity contribution in [3.8, 4) is 0 Å². The molecular formula is C16H23N3O2. The maximum atomic E-state index is 12.4. The van der Waals surface area contributed by atoms with E-state index < -0.39 is 0 Å². The third-order valence-electron chi connectivity index (χ3n) is 4.17. The second-order valence-corrected chi connectivity index (χ2v) is 5.46. The summed E-state index contributed by atoms with van der Waals surface area (Å²) in [7, 11) is 0. The normalized spacial score (nSPS) is 17.5. The number of primary amides is 1. The van der Waals surface area contributed by atoms with Crippen LogP contribution in [0.4, 0.5) is 0 Å². The van der Waals surface area contributed by atoms with Crippen molar-refractivity contribution in [1.29, 1.82) is 0 Å². The molecule has 21 heavy (non-hydrogen) atoms. The van der Waals surface area contributed by atoms with E-state index in [2.05, 4.69) is 6.92 Å². The fourth-order valence-corrected chi connectivity index (χ4v) is 2.56. The van der Waals surface area contributed by atoms with Gasteiger partial charge in [0.1, 0.15) is 0 Å². The first-order chi connectivity index (χ1) is 10.0. The molecule has 1 aliphatic rings. The molecule has 0 spiro atoms. The van der Waals surface area contributed by atoms with E-state index in [1.54, 1.807) is 0 Å². The Balaban J connectivity index is 1.95. The first kappa shape index (κ1) is 15.5. The average molecular weight is 289 g/mol. The Kier molecular flexibility index (Phi) is 4.96. The number of aryl methyl sites for hydroxylation is 1. The third-order valence-corrected chi connectivity index (χ3v) is 4.17. The van der Waals surface area contributed by atoms with Crippen LogP contribution in [-0.2, 0) is 11.2 Å². The summed E-state index contributed by atoms with van der Waals surface area (Å²) in [6, 6.07) is 7.50. The van der Waals surface area contributed by atoms with Gasteiger partial charge in [0.2, 0.25) is 5.91 Å². The maximum absolute atomic E-state index is 12.4. The predicted octanol–water partition coefficient (Wildman–Crippen LogP) is 0.881. The van der Waals surface area contributed by atoms with Crippen molar-refractivity contribution in [2.75, 3.05) is 26.2 Å². The summed E-state index contributed by atoms with van der Waals surface area (Å²) in [6.07, 6.45) is 0.970. The lowest BCUT2D eigenvalue weighted by atomic mass is 10.1. The summed E-state index contributed by atoms with van der Waals surface area (Å²) in [4.78, 5) is 27.5. The van der Waals surface area contributed by atoms with Crippen molar-refractivity contribution < 1.29 is 9.59 Å². The molecule has 0 radical (unpaired) electrons. The molecule has 114 valence electrons. The lowest BCUT2D eigenvalue weighted by Gasteiger charge is -2.37. The number of nitrogens with two attached hydrogens (primary N) is 1. The zero-order valence-corrected chi connectivity index (χ0v) is 12.7. The predicted molar refractivity (Wildman–Crippen MR) is 82.0 cm³/mol. The highest BCUT2D eigenvalue weighted by atomic mass is 16.2. The van der Waals surface area contributed by atoms with Crippen LogP contribution in [0.3, 0.4) is 0 Å². The molecule has 2 amide bonds. The van der Waals surface area contributed by atoms with E-state index in [1.165, 1.54) is 5.56 Å². The maximum Gasteiger partial charge on any atom is 0.253 e. The third kappa shape index (κ3) is 3.61. The van der Waals surface area contributed by atoms with Crippen molar-refractivity contribution in [2.24, 2.45) is 5.73 Å². The van der Waals surface area contributed by atoms with Gasteiger partial charge < -0.3 is 10.6 Å². The molecule has 1 unspecified atom stereocenters. The van der Waals surface area contributed by atoms with Crippen LogP contribution in [0, 0.1) is 0 Å². The summed E-state index contributed by atoms with van der Waals surface area (Å²) >= 11 is 0. The fourth-order valence-electron chi connectivity index (χ4n) is 2.56. The lowest BCUT2D eigenvalue weighted by Crippen LogP contribution is -2.54. The summed E-state index contributed by atoms with van der Waals surface area (Å²) in [5, 5.41) is 0. The second kappa shape index (κ2) is 6.72. The molecule has 1 saturated heterocycles. The topological polar surface area (TPSA) is 66.6 Å². The summed E-state index contributed by atoms with van der Waals surface area (Å²) in [5.74, 6) is -0.256. The summed E-state index contributed by atoms with van der Waals surface area (Å²) in [5.41, 5.74) is 7.27. The van der Waals surface area contributed by atoms with E-state index in [1.807, 2.05) is 41.0 Å². The van der Waals surface area contributed by atoms with E-state index in [0.29, 0.717) is 26.2 Å². The molecule has 0 bridgehead atoms. The van der Waals surface area contributed by atoms with Crippen LogP contribution in [0.15, 0.2) is 24.3 Å². The second-order valence-electron chi connectivity index (χ2n) is 5.46. The van der Waals surface area contributed by atoms with Crippen molar-refractivity contribution in [3.05, 3.63) is 35.4 Å². The number of piperazine rings is 1. The Labute approximate surface area is 125 Å². The number of amides is 2. The molecule has 1 aromatic carbocycles. The molecule has 0 aromatic heterocycles. The van der Waals surface area contributed by atoms with Crippen molar-refractivity contribution in [2.45, 2.75) is 26.3 Å². The average Bonchev–Trinajstić information content (AvgIpc) is 2.53. The SMILES string of the molecule is CCc1ccc(C(=O)N2CCN(C(C)C(N)=O)CC2)cc1. The van der Waals surface area contributed by atoms with Gasteiger partial charge in [-0.15, -0.1) is 0 Å². The van der Waals surface area contributed by atoms with Crippen LogP contribution in [0.1, 0.15) is 29.8 Å². The number of hydrogen-bond acceptors (Lipinski definition) is 3. The standard InChI is InChI=1S/C16H23N3O2/c1-3-13-4-6-14(7-5-13)16(21)19-10-8-18(9-11-19)12(2)15(17)20/h4-7,12H,3,8-11H2,1-2H3,(H2,17,20). The van der Waals surface area contributed by atoms with Crippen LogP contribution in [0.2, 0.25) is 0 Å². The number of rotatable bonds is 4. The Hall–Kier alpha value is -1.88. The number of carbonyl (C=O) groups is 2. The molecule has 5 heteroatoms. The molecule has 0 saturated carbocycles. The van der Waals surface area contributed by atoms with Gasteiger partial charge in [-0.05, 0) is 31.0 Å². The van der Waals surface area contributed by atoms with Crippen LogP contribution in [-0.4, -0.2) is 53.8 Å². The molecule has 0 aliphatic carbocycles. The summed E-state index contributed by atoms with van der Waals surface area (Å²) < 4.78 is 0. The van der Waals surface area contributed by atoms with Gasteiger partial charge in [0.25, 0.3) is 5.91 Å². The van der Waals surface area contributed by atoms with E-state index in [9.17, 15) is 9.59 Å². The lowest BCUT2D eigenvalue weighted by molar-refractivity contribution is -0.123. The molecule has 5 nitrogen and oxygen atoms in total. The quantitative estimate of drug-likeness (QED) is 0.895. The van der Waals surface area contributed by atoms with Gasteiger partial charge in [-0.25, -0.2) is 0 Å². The first-order valence-corrected chi connectivity index (χ1v) is 7.44. The number of carbonyl (C=O) groups excluding carboxylic acids is 2. The molecule has 2 rings (SSSR count). The van der Waals surface area contributed by atoms with Gasteiger partial charge >= 0.3 is 0 Å². The number of nitrogens with zero attached hydrogens (tertiary/aromatic N) is 2. The molecule has 2 N–H and O–H groups in total. The highest BCUT2D eigenvalue weighted by molar-refractivity contribution is 5.94. The van der Waals surface area contributed by atoms with Crippen LogP contribution in [0.25, 0.3) is 0 Å². The molecule has 1 aromatic rings.